The lowest BCUT2D eigenvalue weighted by Crippen LogP contribution is -2.19. The second-order valence-electron chi connectivity index (χ2n) is 3.50. The van der Waals surface area contributed by atoms with Gasteiger partial charge in [-0.15, -0.1) is 11.8 Å². The van der Waals surface area contributed by atoms with Crippen LogP contribution in [0.4, 0.5) is 5.69 Å². The summed E-state index contributed by atoms with van der Waals surface area (Å²) in [7, 11) is 0. The van der Waals surface area contributed by atoms with Crippen LogP contribution < -0.4 is 5.32 Å². The third-order valence-corrected chi connectivity index (χ3v) is 3.89. The summed E-state index contributed by atoms with van der Waals surface area (Å²) in [4.78, 5) is 11.6. The van der Waals surface area contributed by atoms with Gasteiger partial charge in [0.2, 0.25) is 5.91 Å². The van der Waals surface area contributed by atoms with Gasteiger partial charge in [-0.05, 0) is 12.1 Å². The molecule has 0 aliphatic heterocycles. The van der Waals surface area contributed by atoms with Crippen LogP contribution in [0, 0.1) is 0 Å². The molecule has 0 bridgehead atoms. The van der Waals surface area contributed by atoms with Gasteiger partial charge in [-0.1, -0.05) is 29.3 Å². The molecule has 1 rings (SSSR count). The SMILES string of the molecule is O=C(CSCC(O)CO)Nc1cccc(Cl)c1Cl. The van der Waals surface area contributed by atoms with Crippen LogP contribution in [0.5, 0.6) is 0 Å². The molecule has 0 saturated carbocycles. The number of aliphatic hydroxyl groups excluding tert-OH is 2. The number of rotatable bonds is 6. The van der Waals surface area contributed by atoms with E-state index < -0.39 is 6.10 Å². The van der Waals surface area contributed by atoms with Crippen molar-refractivity contribution in [3.63, 3.8) is 0 Å². The van der Waals surface area contributed by atoms with Gasteiger partial charge in [0.1, 0.15) is 0 Å². The van der Waals surface area contributed by atoms with Crippen molar-refractivity contribution in [2.75, 3.05) is 23.4 Å². The first-order valence-corrected chi connectivity index (χ1v) is 7.06. The van der Waals surface area contributed by atoms with Crippen molar-refractivity contribution in [3.05, 3.63) is 28.2 Å². The Kier molecular flexibility index (Phi) is 6.81. The molecule has 0 saturated heterocycles. The second kappa shape index (κ2) is 7.86. The number of anilines is 1. The molecule has 1 amide bonds. The molecule has 0 aromatic heterocycles. The number of aliphatic hydroxyl groups is 2. The van der Waals surface area contributed by atoms with Crippen LogP contribution in [0.3, 0.4) is 0 Å². The molecule has 3 N–H and O–H groups in total. The molecule has 0 heterocycles. The molecule has 100 valence electrons. The number of hydrogen-bond donors (Lipinski definition) is 3. The predicted molar refractivity (Wildman–Crippen MR) is 75.5 cm³/mol. The zero-order chi connectivity index (χ0) is 13.5. The Morgan fingerprint density at radius 3 is 2.83 bits per heavy atom. The largest absolute Gasteiger partial charge is 0.394 e. The number of halogens is 2. The molecule has 0 aliphatic carbocycles. The summed E-state index contributed by atoms with van der Waals surface area (Å²) in [5.41, 5.74) is 0.456. The molecule has 18 heavy (non-hydrogen) atoms. The molecule has 1 aromatic rings. The van der Waals surface area contributed by atoms with E-state index in [-0.39, 0.29) is 18.3 Å². The number of benzene rings is 1. The van der Waals surface area contributed by atoms with Crippen LogP contribution in [0.2, 0.25) is 10.0 Å². The van der Waals surface area contributed by atoms with Crippen molar-refractivity contribution >= 4 is 46.6 Å². The Balaban J connectivity index is 2.43. The van der Waals surface area contributed by atoms with Crippen molar-refractivity contribution in [3.8, 4) is 0 Å². The molecular weight excluding hydrogens is 297 g/mol. The number of carbonyl (C=O) groups excluding carboxylic acids is 1. The number of hydrogen-bond acceptors (Lipinski definition) is 4. The highest BCUT2D eigenvalue weighted by Gasteiger charge is 2.09. The molecule has 0 radical (unpaired) electrons. The van der Waals surface area contributed by atoms with E-state index in [2.05, 4.69) is 5.32 Å². The molecule has 7 heteroatoms. The van der Waals surface area contributed by atoms with E-state index in [1.807, 2.05) is 0 Å². The van der Waals surface area contributed by atoms with Crippen LogP contribution >= 0.6 is 35.0 Å². The monoisotopic (exact) mass is 309 g/mol. The van der Waals surface area contributed by atoms with E-state index in [0.29, 0.717) is 21.5 Å². The van der Waals surface area contributed by atoms with E-state index in [4.69, 9.17) is 33.4 Å². The molecule has 0 spiro atoms. The highest BCUT2D eigenvalue weighted by atomic mass is 35.5. The van der Waals surface area contributed by atoms with Gasteiger partial charge < -0.3 is 15.5 Å². The summed E-state index contributed by atoms with van der Waals surface area (Å²) in [5.74, 6) is 0.224. The highest BCUT2D eigenvalue weighted by Crippen LogP contribution is 2.29. The van der Waals surface area contributed by atoms with Gasteiger partial charge >= 0.3 is 0 Å². The Morgan fingerprint density at radius 1 is 1.44 bits per heavy atom. The van der Waals surface area contributed by atoms with Crippen LogP contribution in [0.15, 0.2) is 18.2 Å². The Labute approximate surface area is 119 Å². The number of carbonyl (C=O) groups is 1. The second-order valence-corrected chi connectivity index (χ2v) is 5.32. The van der Waals surface area contributed by atoms with Gasteiger partial charge in [0.05, 0.1) is 34.2 Å². The quantitative estimate of drug-likeness (QED) is 0.752. The minimum atomic E-state index is -0.808. The predicted octanol–water partition coefficient (Wildman–Crippen LogP) is 2.02. The summed E-state index contributed by atoms with van der Waals surface area (Å²) < 4.78 is 0. The van der Waals surface area contributed by atoms with Gasteiger partial charge in [-0.2, -0.15) is 0 Å². The maximum Gasteiger partial charge on any atom is 0.234 e. The molecule has 1 atom stereocenters. The summed E-state index contributed by atoms with van der Waals surface area (Å²) in [6.45, 7) is -0.311. The first-order valence-electron chi connectivity index (χ1n) is 5.15. The zero-order valence-corrected chi connectivity index (χ0v) is 11.7. The summed E-state index contributed by atoms with van der Waals surface area (Å²) in [6.07, 6.45) is -0.808. The van der Waals surface area contributed by atoms with Crippen LogP contribution in [-0.2, 0) is 4.79 Å². The van der Waals surface area contributed by atoms with Gasteiger partial charge in [-0.3, -0.25) is 4.79 Å². The highest BCUT2D eigenvalue weighted by molar-refractivity contribution is 8.00. The van der Waals surface area contributed by atoms with Crippen molar-refractivity contribution in [1.29, 1.82) is 0 Å². The smallest absolute Gasteiger partial charge is 0.234 e. The van der Waals surface area contributed by atoms with Gasteiger partial charge in [0.15, 0.2) is 0 Å². The Bertz CT molecular complexity index is 417. The fourth-order valence-corrected chi connectivity index (χ4v) is 2.23. The van der Waals surface area contributed by atoms with Crippen molar-refractivity contribution in [2.24, 2.45) is 0 Å². The third-order valence-electron chi connectivity index (χ3n) is 1.98. The Morgan fingerprint density at radius 2 is 2.17 bits per heavy atom. The average molecular weight is 310 g/mol. The summed E-state index contributed by atoms with van der Waals surface area (Å²) in [6, 6.07) is 4.97. The lowest BCUT2D eigenvalue weighted by atomic mass is 10.3. The van der Waals surface area contributed by atoms with E-state index in [1.54, 1.807) is 18.2 Å². The molecule has 4 nitrogen and oxygen atoms in total. The fourth-order valence-electron chi connectivity index (χ4n) is 1.13. The molecule has 0 fully saturated rings. The molecule has 1 aromatic carbocycles. The molecule has 1 unspecified atom stereocenters. The first kappa shape index (κ1) is 15.6. The van der Waals surface area contributed by atoms with E-state index in [0.717, 1.165) is 0 Å². The van der Waals surface area contributed by atoms with Crippen LogP contribution in [-0.4, -0.2) is 40.3 Å². The van der Waals surface area contributed by atoms with Crippen LogP contribution in [0.25, 0.3) is 0 Å². The van der Waals surface area contributed by atoms with Gasteiger partial charge in [0, 0.05) is 5.75 Å². The first-order chi connectivity index (χ1) is 8.54. The Hall–Kier alpha value is -0.460. The number of amides is 1. The van der Waals surface area contributed by atoms with Crippen molar-refractivity contribution in [2.45, 2.75) is 6.10 Å². The number of nitrogens with one attached hydrogen (secondary N) is 1. The van der Waals surface area contributed by atoms with E-state index in [9.17, 15) is 4.79 Å². The van der Waals surface area contributed by atoms with E-state index >= 15 is 0 Å². The lowest BCUT2D eigenvalue weighted by Gasteiger charge is -2.09. The van der Waals surface area contributed by atoms with Crippen LogP contribution in [0.1, 0.15) is 0 Å². The minimum absolute atomic E-state index is 0.167. The summed E-state index contributed by atoms with van der Waals surface area (Å²) >= 11 is 13.0. The minimum Gasteiger partial charge on any atom is -0.394 e. The fraction of sp³-hybridized carbons (Fsp3) is 0.364. The topological polar surface area (TPSA) is 69.6 Å². The lowest BCUT2D eigenvalue weighted by molar-refractivity contribution is -0.113. The maximum atomic E-state index is 11.6. The standard InChI is InChI=1S/C11H13Cl2NO3S/c12-8-2-1-3-9(11(8)13)14-10(17)6-18-5-7(16)4-15/h1-3,7,15-16H,4-6H2,(H,14,17). The summed E-state index contributed by atoms with van der Waals surface area (Å²) in [5, 5.41) is 21.0. The third kappa shape index (κ3) is 5.04. The molecular formula is C11H13Cl2NO3S. The zero-order valence-electron chi connectivity index (χ0n) is 9.40. The van der Waals surface area contributed by atoms with Crippen molar-refractivity contribution in [1.82, 2.24) is 0 Å². The molecule has 0 aliphatic rings. The number of thioether (sulfide) groups is 1. The van der Waals surface area contributed by atoms with Gasteiger partial charge in [-0.25, -0.2) is 0 Å². The van der Waals surface area contributed by atoms with Crippen molar-refractivity contribution < 1.29 is 15.0 Å². The van der Waals surface area contributed by atoms with Gasteiger partial charge in [0.25, 0.3) is 0 Å². The average Bonchev–Trinajstić information content (AvgIpc) is 2.34. The van der Waals surface area contributed by atoms with E-state index in [1.165, 1.54) is 11.8 Å². The normalized spacial score (nSPS) is 12.2. The maximum absolute atomic E-state index is 11.6.